The SMILES string of the molecule is CCCCC(CC)CC(NN)C1CC2CCC1O2. The first-order chi connectivity index (χ1) is 8.78. The van der Waals surface area contributed by atoms with Gasteiger partial charge in [-0.1, -0.05) is 39.5 Å². The molecule has 5 atom stereocenters. The van der Waals surface area contributed by atoms with Crippen LogP contribution >= 0.6 is 0 Å². The van der Waals surface area contributed by atoms with Crippen molar-refractivity contribution in [2.24, 2.45) is 17.7 Å². The predicted molar refractivity (Wildman–Crippen MR) is 75.0 cm³/mol. The van der Waals surface area contributed by atoms with Crippen LogP contribution in [0.2, 0.25) is 0 Å². The topological polar surface area (TPSA) is 47.3 Å². The molecule has 3 N–H and O–H groups in total. The second kappa shape index (κ2) is 6.88. The normalized spacial score (nSPS) is 33.8. The van der Waals surface area contributed by atoms with Crippen LogP contribution < -0.4 is 11.3 Å². The molecule has 0 aromatic rings. The quantitative estimate of drug-likeness (QED) is 0.517. The van der Waals surface area contributed by atoms with Gasteiger partial charge in [0.25, 0.3) is 0 Å². The standard InChI is InChI=1S/C15H30N2O/c1-3-5-6-11(4-2)9-14(17-16)13-10-12-7-8-15(13)18-12/h11-15,17H,3-10,16H2,1-2H3. The number of hydrogen-bond acceptors (Lipinski definition) is 3. The monoisotopic (exact) mass is 254 g/mol. The average Bonchev–Trinajstić information content (AvgIpc) is 3.01. The van der Waals surface area contributed by atoms with Crippen LogP contribution in [-0.2, 0) is 4.74 Å². The summed E-state index contributed by atoms with van der Waals surface area (Å²) in [4.78, 5) is 0. The minimum atomic E-state index is 0.460. The molecule has 2 saturated heterocycles. The van der Waals surface area contributed by atoms with Crippen LogP contribution in [0.4, 0.5) is 0 Å². The van der Waals surface area contributed by atoms with Gasteiger partial charge >= 0.3 is 0 Å². The van der Waals surface area contributed by atoms with E-state index in [4.69, 9.17) is 10.6 Å². The van der Waals surface area contributed by atoms with Gasteiger partial charge in [-0.25, -0.2) is 0 Å². The van der Waals surface area contributed by atoms with E-state index in [0.29, 0.717) is 24.2 Å². The molecule has 106 valence electrons. The van der Waals surface area contributed by atoms with Crippen LogP contribution in [0.1, 0.15) is 65.2 Å². The van der Waals surface area contributed by atoms with Gasteiger partial charge in [-0.2, -0.15) is 0 Å². The Balaban J connectivity index is 1.84. The lowest BCUT2D eigenvalue weighted by Gasteiger charge is -2.30. The maximum Gasteiger partial charge on any atom is 0.0624 e. The van der Waals surface area contributed by atoms with E-state index in [9.17, 15) is 0 Å². The van der Waals surface area contributed by atoms with E-state index in [1.807, 2.05) is 0 Å². The largest absolute Gasteiger partial charge is 0.375 e. The first kappa shape index (κ1) is 14.3. The number of nitrogens with two attached hydrogens (primary N) is 1. The number of ether oxygens (including phenoxy) is 1. The van der Waals surface area contributed by atoms with Crippen molar-refractivity contribution in [2.45, 2.75) is 83.5 Å². The molecule has 2 bridgehead atoms. The molecular weight excluding hydrogens is 224 g/mol. The molecule has 0 radical (unpaired) electrons. The van der Waals surface area contributed by atoms with Crippen LogP contribution in [-0.4, -0.2) is 18.2 Å². The van der Waals surface area contributed by atoms with Crippen LogP contribution in [0.3, 0.4) is 0 Å². The summed E-state index contributed by atoms with van der Waals surface area (Å²) in [6.45, 7) is 4.58. The van der Waals surface area contributed by atoms with Gasteiger partial charge in [0.15, 0.2) is 0 Å². The maximum absolute atomic E-state index is 5.97. The van der Waals surface area contributed by atoms with E-state index in [-0.39, 0.29) is 0 Å². The number of nitrogens with one attached hydrogen (secondary N) is 1. The lowest BCUT2D eigenvalue weighted by molar-refractivity contribution is 0.0829. The highest BCUT2D eigenvalue weighted by Crippen LogP contribution is 2.41. The fraction of sp³-hybridized carbons (Fsp3) is 1.00. The molecule has 5 unspecified atom stereocenters. The average molecular weight is 254 g/mol. The van der Waals surface area contributed by atoms with Crippen molar-refractivity contribution in [1.82, 2.24) is 5.43 Å². The molecule has 3 heteroatoms. The molecule has 0 saturated carbocycles. The fourth-order valence-electron chi connectivity index (χ4n) is 3.81. The van der Waals surface area contributed by atoms with Crippen molar-refractivity contribution in [2.75, 3.05) is 0 Å². The molecule has 0 amide bonds. The Hall–Kier alpha value is -0.120. The predicted octanol–water partition coefficient (Wildman–Crippen LogP) is 2.99. The second-order valence-electron chi connectivity index (χ2n) is 6.20. The summed E-state index contributed by atoms with van der Waals surface area (Å²) in [7, 11) is 0. The third-order valence-electron chi connectivity index (χ3n) is 5.01. The highest BCUT2D eigenvalue weighted by atomic mass is 16.5. The fourth-order valence-corrected chi connectivity index (χ4v) is 3.81. The van der Waals surface area contributed by atoms with Crippen LogP contribution in [0.25, 0.3) is 0 Å². The van der Waals surface area contributed by atoms with Gasteiger partial charge in [-0.15, -0.1) is 0 Å². The van der Waals surface area contributed by atoms with Crippen LogP contribution in [0, 0.1) is 11.8 Å². The van der Waals surface area contributed by atoms with Crippen molar-refractivity contribution in [3.8, 4) is 0 Å². The van der Waals surface area contributed by atoms with Crippen molar-refractivity contribution < 1.29 is 4.74 Å². The van der Waals surface area contributed by atoms with Crippen LogP contribution in [0.15, 0.2) is 0 Å². The third-order valence-corrected chi connectivity index (χ3v) is 5.01. The Morgan fingerprint density at radius 3 is 2.67 bits per heavy atom. The van der Waals surface area contributed by atoms with Gasteiger partial charge < -0.3 is 4.74 Å². The van der Waals surface area contributed by atoms with Gasteiger partial charge in [0.05, 0.1) is 12.2 Å². The highest BCUT2D eigenvalue weighted by Gasteiger charge is 2.44. The second-order valence-corrected chi connectivity index (χ2v) is 6.20. The summed E-state index contributed by atoms with van der Waals surface area (Å²) in [5.74, 6) is 7.29. The zero-order valence-corrected chi connectivity index (χ0v) is 12.0. The summed E-state index contributed by atoms with van der Waals surface area (Å²) in [5, 5.41) is 0. The van der Waals surface area contributed by atoms with E-state index in [1.165, 1.54) is 51.4 Å². The Morgan fingerprint density at radius 2 is 2.17 bits per heavy atom. The Bertz CT molecular complexity index is 247. The number of rotatable bonds is 8. The maximum atomic E-state index is 5.97. The molecule has 0 aromatic carbocycles. The highest BCUT2D eigenvalue weighted by molar-refractivity contribution is 4.95. The molecule has 18 heavy (non-hydrogen) atoms. The van der Waals surface area contributed by atoms with Gasteiger partial charge in [0.1, 0.15) is 0 Å². The zero-order chi connectivity index (χ0) is 13.0. The molecule has 0 aromatic heterocycles. The summed E-state index contributed by atoms with van der Waals surface area (Å²) in [6.07, 6.45) is 11.3. The lowest BCUT2D eigenvalue weighted by Crippen LogP contribution is -2.45. The first-order valence-electron chi connectivity index (χ1n) is 7.90. The molecule has 3 nitrogen and oxygen atoms in total. The Kier molecular flexibility index (Phi) is 5.46. The minimum absolute atomic E-state index is 0.460. The lowest BCUT2D eigenvalue weighted by atomic mass is 9.79. The van der Waals surface area contributed by atoms with E-state index in [2.05, 4.69) is 19.3 Å². The number of fused-ring (bicyclic) bond motifs is 2. The first-order valence-corrected chi connectivity index (χ1v) is 7.90. The Labute approximate surface area is 112 Å². The van der Waals surface area contributed by atoms with Crippen LogP contribution in [0.5, 0.6) is 0 Å². The van der Waals surface area contributed by atoms with E-state index in [1.54, 1.807) is 0 Å². The van der Waals surface area contributed by atoms with Gasteiger partial charge in [0, 0.05) is 12.0 Å². The molecule has 0 spiro atoms. The molecule has 0 aliphatic carbocycles. The molecule has 2 heterocycles. The number of hydrazine groups is 1. The summed E-state index contributed by atoms with van der Waals surface area (Å²) >= 11 is 0. The van der Waals surface area contributed by atoms with E-state index >= 15 is 0 Å². The minimum Gasteiger partial charge on any atom is -0.375 e. The molecule has 2 rings (SSSR count). The van der Waals surface area contributed by atoms with Crippen molar-refractivity contribution in [1.29, 1.82) is 0 Å². The molecule has 2 fully saturated rings. The van der Waals surface area contributed by atoms with Gasteiger partial charge in [0.2, 0.25) is 0 Å². The number of unbranched alkanes of at least 4 members (excludes halogenated alkanes) is 1. The smallest absolute Gasteiger partial charge is 0.0624 e. The molecular formula is C15H30N2O. The Morgan fingerprint density at radius 1 is 1.33 bits per heavy atom. The summed E-state index contributed by atoms with van der Waals surface area (Å²) < 4.78 is 5.97. The third kappa shape index (κ3) is 3.25. The van der Waals surface area contributed by atoms with Crippen molar-refractivity contribution in [3.63, 3.8) is 0 Å². The number of hydrogen-bond donors (Lipinski definition) is 2. The van der Waals surface area contributed by atoms with E-state index in [0.717, 1.165) is 5.92 Å². The van der Waals surface area contributed by atoms with Gasteiger partial charge in [-0.05, 0) is 31.6 Å². The van der Waals surface area contributed by atoms with E-state index < -0.39 is 0 Å². The molecule has 2 aliphatic rings. The van der Waals surface area contributed by atoms with Gasteiger partial charge in [-0.3, -0.25) is 11.3 Å². The van der Waals surface area contributed by atoms with Crippen molar-refractivity contribution >= 4 is 0 Å². The summed E-state index contributed by atoms with van der Waals surface area (Å²) in [6, 6.07) is 0.460. The zero-order valence-electron chi connectivity index (χ0n) is 12.0. The summed E-state index contributed by atoms with van der Waals surface area (Å²) in [5.41, 5.74) is 3.09. The molecule has 2 aliphatic heterocycles. The van der Waals surface area contributed by atoms with Crippen molar-refractivity contribution in [3.05, 3.63) is 0 Å².